The van der Waals surface area contributed by atoms with Gasteiger partial charge in [-0.3, -0.25) is 0 Å². The molecule has 0 saturated carbocycles. The van der Waals surface area contributed by atoms with E-state index in [1.807, 2.05) is 31.2 Å². The zero-order valence-corrected chi connectivity index (χ0v) is 11.6. The molecule has 0 bridgehead atoms. The number of rotatable bonds is 5. The molecule has 1 heterocycles. The zero-order chi connectivity index (χ0) is 14.4. The van der Waals surface area contributed by atoms with E-state index >= 15 is 0 Å². The number of hydrogen-bond donors (Lipinski definition) is 1. The van der Waals surface area contributed by atoms with E-state index < -0.39 is 0 Å². The van der Waals surface area contributed by atoms with Crippen molar-refractivity contribution in [2.45, 2.75) is 19.9 Å². The van der Waals surface area contributed by atoms with Crippen LogP contribution in [0.4, 0.5) is 5.95 Å². The molecule has 0 aliphatic rings. The predicted octanol–water partition coefficient (Wildman–Crippen LogP) is 2.47. The second-order valence-corrected chi connectivity index (χ2v) is 4.36. The number of hydrogen-bond acceptors (Lipinski definition) is 5. The Bertz CT molecular complexity index is 617. The van der Waals surface area contributed by atoms with Crippen LogP contribution in [0.5, 0.6) is 5.75 Å². The first-order chi connectivity index (χ1) is 9.72. The summed E-state index contributed by atoms with van der Waals surface area (Å²) in [5, 5.41) is 11.9. The molecule has 1 aromatic heterocycles. The molecule has 20 heavy (non-hydrogen) atoms. The van der Waals surface area contributed by atoms with Crippen LogP contribution in [-0.2, 0) is 13.0 Å². The van der Waals surface area contributed by atoms with Crippen molar-refractivity contribution in [1.82, 2.24) is 9.97 Å². The van der Waals surface area contributed by atoms with Crippen molar-refractivity contribution in [3.05, 3.63) is 47.3 Å². The minimum absolute atomic E-state index is 0.297. The van der Waals surface area contributed by atoms with Gasteiger partial charge in [-0.05, 0) is 30.2 Å². The van der Waals surface area contributed by atoms with Crippen molar-refractivity contribution in [3.63, 3.8) is 0 Å². The smallest absolute Gasteiger partial charge is 0.223 e. The molecular formula is C15H16N4O. The summed E-state index contributed by atoms with van der Waals surface area (Å²) < 4.78 is 5.11. The van der Waals surface area contributed by atoms with E-state index in [4.69, 9.17) is 10.00 Å². The lowest BCUT2D eigenvalue weighted by Crippen LogP contribution is -2.06. The number of benzene rings is 1. The van der Waals surface area contributed by atoms with E-state index in [2.05, 4.69) is 21.4 Å². The van der Waals surface area contributed by atoms with Gasteiger partial charge < -0.3 is 10.1 Å². The summed E-state index contributed by atoms with van der Waals surface area (Å²) in [5.41, 5.74) is 2.80. The first-order valence-electron chi connectivity index (χ1n) is 6.29. The lowest BCUT2D eigenvalue weighted by molar-refractivity contribution is 0.414. The Kier molecular flexibility index (Phi) is 4.51. The first kappa shape index (κ1) is 13.8. The summed E-state index contributed by atoms with van der Waals surface area (Å²) in [6.45, 7) is 2.53. The molecular weight excluding hydrogens is 252 g/mol. The number of nitriles is 1. The first-order valence-corrected chi connectivity index (χ1v) is 6.29. The summed E-state index contributed by atoms with van der Waals surface area (Å²) in [4.78, 5) is 8.56. The van der Waals surface area contributed by atoms with Crippen LogP contribution >= 0.6 is 0 Å². The fourth-order valence-corrected chi connectivity index (χ4v) is 1.74. The highest BCUT2D eigenvalue weighted by atomic mass is 16.5. The molecule has 1 N–H and O–H groups in total. The third-order valence-electron chi connectivity index (χ3n) is 2.93. The summed E-state index contributed by atoms with van der Waals surface area (Å²) in [7, 11) is 1.64. The van der Waals surface area contributed by atoms with Crippen LogP contribution in [0.25, 0.3) is 0 Å². The van der Waals surface area contributed by atoms with Crippen molar-refractivity contribution < 1.29 is 4.74 Å². The SMILES string of the molecule is COc1ccc(CNc2ncc(C)c(CC#N)n2)cc1. The number of aryl methyl sites for hydroxylation is 1. The molecule has 5 heteroatoms. The minimum atomic E-state index is 0.297. The number of anilines is 1. The van der Waals surface area contributed by atoms with E-state index in [9.17, 15) is 0 Å². The summed E-state index contributed by atoms with van der Waals surface area (Å²) in [6, 6.07) is 9.89. The fourth-order valence-electron chi connectivity index (χ4n) is 1.74. The Balaban J connectivity index is 2.03. The summed E-state index contributed by atoms with van der Waals surface area (Å²) in [5.74, 6) is 1.37. The quantitative estimate of drug-likeness (QED) is 0.902. The molecule has 0 saturated heterocycles. The maximum atomic E-state index is 8.75. The van der Waals surface area contributed by atoms with Gasteiger partial charge in [0.2, 0.25) is 5.95 Å². The van der Waals surface area contributed by atoms with Crippen LogP contribution in [0.1, 0.15) is 16.8 Å². The van der Waals surface area contributed by atoms with Gasteiger partial charge in [-0.25, -0.2) is 9.97 Å². The lowest BCUT2D eigenvalue weighted by Gasteiger charge is -2.08. The number of nitrogens with zero attached hydrogens (tertiary/aromatic N) is 3. The molecule has 0 spiro atoms. The van der Waals surface area contributed by atoms with Crippen LogP contribution < -0.4 is 10.1 Å². The van der Waals surface area contributed by atoms with Crippen molar-refractivity contribution in [2.75, 3.05) is 12.4 Å². The summed E-state index contributed by atoms with van der Waals surface area (Å²) >= 11 is 0. The van der Waals surface area contributed by atoms with Gasteiger partial charge in [0.15, 0.2) is 0 Å². The Hall–Kier alpha value is -2.61. The van der Waals surface area contributed by atoms with Crippen LogP contribution in [0.15, 0.2) is 30.5 Å². The molecule has 0 atom stereocenters. The van der Waals surface area contributed by atoms with Gasteiger partial charge in [0, 0.05) is 12.7 Å². The van der Waals surface area contributed by atoms with Gasteiger partial charge in [0.05, 0.1) is 25.3 Å². The number of ether oxygens (including phenoxy) is 1. The summed E-state index contributed by atoms with van der Waals surface area (Å²) in [6.07, 6.45) is 2.03. The van der Waals surface area contributed by atoms with Gasteiger partial charge in [0.25, 0.3) is 0 Å². The van der Waals surface area contributed by atoms with Crippen LogP contribution in [-0.4, -0.2) is 17.1 Å². The standard InChI is InChI=1S/C15H16N4O/c1-11-9-17-15(19-14(11)7-8-16)18-10-12-3-5-13(20-2)6-4-12/h3-6,9H,7,10H2,1-2H3,(H,17,18,19). The van der Waals surface area contributed by atoms with E-state index in [1.54, 1.807) is 13.3 Å². The largest absolute Gasteiger partial charge is 0.497 e. The van der Waals surface area contributed by atoms with Gasteiger partial charge in [-0.2, -0.15) is 5.26 Å². The van der Waals surface area contributed by atoms with Crippen molar-refractivity contribution in [3.8, 4) is 11.8 Å². The van der Waals surface area contributed by atoms with Crippen LogP contribution in [0.3, 0.4) is 0 Å². The van der Waals surface area contributed by atoms with Gasteiger partial charge in [0.1, 0.15) is 5.75 Å². The van der Waals surface area contributed by atoms with E-state index in [0.717, 1.165) is 22.6 Å². The van der Waals surface area contributed by atoms with Crippen LogP contribution in [0, 0.1) is 18.3 Å². The van der Waals surface area contributed by atoms with Crippen LogP contribution in [0.2, 0.25) is 0 Å². The predicted molar refractivity (Wildman–Crippen MR) is 76.4 cm³/mol. The topological polar surface area (TPSA) is 70.8 Å². The molecule has 1 aromatic carbocycles. The van der Waals surface area contributed by atoms with Gasteiger partial charge in [-0.1, -0.05) is 12.1 Å². The highest BCUT2D eigenvalue weighted by molar-refractivity contribution is 5.33. The monoisotopic (exact) mass is 268 g/mol. The maximum Gasteiger partial charge on any atom is 0.223 e. The molecule has 0 amide bonds. The Morgan fingerprint density at radius 3 is 2.70 bits per heavy atom. The Labute approximate surface area is 118 Å². The van der Waals surface area contributed by atoms with Gasteiger partial charge in [-0.15, -0.1) is 0 Å². The molecule has 0 fully saturated rings. The van der Waals surface area contributed by atoms with Gasteiger partial charge >= 0.3 is 0 Å². The molecule has 0 aliphatic carbocycles. The second kappa shape index (κ2) is 6.53. The fraction of sp³-hybridized carbons (Fsp3) is 0.267. The second-order valence-electron chi connectivity index (χ2n) is 4.36. The molecule has 0 unspecified atom stereocenters. The van der Waals surface area contributed by atoms with Crippen molar-refractivity contribution in [2.24, 2.45) is 0 Å². The number of nitrogens with one attached hydrogen (secondary N) is 1. The molecule has 102 valence electrons. The number of methoxy groups -OCH3 is 1. The highest BCUT2D eigenvalue weighted by Crippen LogP contribution is 2.13. The maximum absolute atomic E-state index is 8.75. The van der Waals surface area contributed by atoms with E-state index in [-0.39, 0.29) is 0 Å². The Morgan fingerprint density at radius 1 is 1.30 bits per heavy atom. The van der Waals surface area contributed by atoms with E-state index in [1.165, 1.54) is 0 Å². The average Bonchev–Trinajstić information content (AvgIpc) is 2.49. The third-order valence-corrected chi connectivity index (χ3v) is 2.93. The van der Waals surface area contributed by atoms with Crippen molar-refractivity contribution >= 4 is 5.95 Å². The Morgan fingerprint density at radius 2 is 2.05 bits per heavy atom. The van der Waals surface area contributed by atoms with E-state index in [0.29, 0.717) is 18.9 Å². The molecule has 5 nitrogen and oxygen atoms in total. The normalized spacial score (nSPS) is 9.85. The molecule has 0 radical (unpaired) electrons. The molecule has 2 rings (SSSR count). The molecule has 2 aromatic rings. The highest BCUT2D eigenvalue weighted by Gasteiger charge is 2.03. The molecule has 0 aliphatic heterocycles. The van der Waals surface area contributed by atoms with Crippen molar-refractivity contribution in [1.29, 1.82) is 5.26 Å². The third kappa shape index (κ3) is 3.45. The minimum Gasteiger partial charge on any atom is -0.497 e. The lowest BCUT2D eigenvalue weighted by atomic mass is 10.2. The number of aromatic nitrogens is 2. The zero-order valence-electron chi connectivity index (χ0n) is 11.6. The average molecular weight is 268 g/mol.